The van der Waals surface area contributed by atoms with E-state index in [4.69, 9.17) is 0 Å². The molecule has 1 aromatic rings. The van der Waals surface area contributed by atoms with Crippen LogP contribution in [-0.4, -0.2) is 42.7 Å². The van der Waals surface area contributed by atoms with Gasteiger partial charge in [0.05, 0.1) is 0 Å². The third-order valence-electron chi connectivity index (χ3n) is 3.12. The van der Waals surface area contributed by atoms with Gasteiger partial charge < -0.3 is 15.5 Å². The molecule has 5 nitrogen and oxygen atoms in total. The van der Waals surface area contributed by atoms with Crippen LogP contribution in [0.5, 0.6) is 0 Å². The molecule has 0 spiro atoms. The molecule has 1 aliphatic heterocycles. The van der Waals surface area contributed by atoms with Crippen LogP contribution < -0.4 is 15.5 Å². The molecule has 0 atom stereocenters. The number of rotatable bonds is 3. The van der Waals surface area contributed by atoms with E-state index in [1.54, 1.807) is 6.33 Å². The molecular formula is C14H25N5. The maximum Gasteiger partial charge on any atom is 0.134 e. The fraction of sp³-hybridized carbons (Fsp3) is 0.714. The lowest BCUT2D eigenvalue weighted by molar-refractivity contribution is 0.442. The Morgan fingerprint density at radius 3 is 2.89 bits per heavy atom. The molecule has 1 aliphatic rings. The first-order valence-electron chi connectivity index (χ1n) is 7.06. The highest BCUT2D eigenvalue weighted by molar-refractivity contribution is 5.48. The van der Waals surface area contributed by atoms with Crippen molar-refractivity contribution < 1.29 is 0 Å². The van der Waals surface area contributed by atoms with Crippen LogP contribution in [0.2, 0.25) is 0 Å². The highest BCUT2D eigenvalue weighted by Gasteiger charge is 2.13. The van der Waals surface area contributed by atoms with Gasteiger partial charge in [-0.2, -0.15) is 0 Å². The molecule has 1 aromatic heterocycles. The van der Waals surface area contributed by atoms with Crippen molar-refractivity contribution in [2.24, 2.45) is 5.41 Å². The van der Waals surface area contributed by atoms with Gasteiger partial charge in [0.25, 0.3) is 0 Å². The van der Waals surface area contributed by atoms with E-state index in [2.05, 4.69) is 52.3 Å². The summed E-state index contributed by atoms with van der Waals surface area (Å²) in [4.78, 5) is 11.0. The Labute approximate surface area is 115 Å². The lowest BCUT2D eigenvalue weighted by Crippen LogP contribution is -2.28. The molecule has 0 saturated carbocycles. The maximum absolute atomic E-state index is 4.40. The predicted octanol–water partition coefficient (Wildman–Crippen LogP) is 1.73. The van der Waals surface area contributed by atoms with Gasteiger partial charge in [-0.3, -0.25) is 0 Å². The zero-order valence-electron chi connectivity index (χ0n) is 12.2. The van der Waals surface area contributed by atoms with Crippen LogP contribution in [0.4, 0.5) is 11.6 Å². The fourth-order valence-electron chi connectivity index (χ4n) is 2.05. The third kappa shape index (κ3) is 4.67. The normalized spacial score (nSPS) is 17.1. The van der Waals surface area contributed by atoms with Crippen LogP contribution >= 0.6 is 0 Å². The zero-order chi connectivity index (χ0) is 13.7. The molecular weight excluding hydrogens is 238 g/mol. The maximum atomic E-state index is 4.40. The van der Waals surface area contributed by atoms with Crippen LogP contribution in [0.15, 0.2) is 12.4 Å². The summed E-state index contributed by atoms with van der Waals surface area (Å²) in [5, 5.41) is 6.79. The summed E-state index contributed by atoms with van der Waals surface area (Å²) < 4.78 is 0. The second-order valence-electron chi connectivity index (χ2n) is 6.27. The van der Waals surface area contributed by atoms with Crippen molar-refractivity contribution in [1.82, 2.24) is 15.3 Å². The molecule has 0 radical (unpaired) electrons. The number of anilines is 2. The Kier molecular flexibility index (Phi) is 4.58. The minimum absolute atomic E-state index is 0.248. The van der Waals surface area contributed by atoms with E-state index >= 15 is 0 Å². The minimum Gasteiger partial charge on any atom is -0.369 e. The van der Waals surface area contributed by atoms with Crippen LogP contribution in [0.1, 0.15) is 27.2 Å². The first-order valence-corrected chi connectivity index (χ1v) is 7.06. The summed E-state index contributed by atoms with van der Waals surface area (Å²) in [6.45, 7) is 11.7. The lowest BCUT2D eigenvalue weighted by atomic mass is 9.97. The summed E-state index contributed by atoms with van der Waals surface area (Å²) in [7, 11) is 0. The van der Waals surface area contributed by atoms with Crippen molar-refractivity contribution in [1.29, 1.82) is 0 Å². The van der Waals surface area contributed by atoms with Crippen molar-refractivity contribution in [3.63, 3.8) is 0 Å². The van der Waals surface area contributed by atoms with E-state index in [1.807, 2.05) is 0 Å². The largest absolute Gasteiger partial charge is 0.369 e. The van der Waals surface area contributed by atoms with E-state index in [0.717, 1.165) is 50.8 Å². The number of nitrogens with one attached hydrogen (secondary N) is 2. The minimum atomic E-state index is 0.248. The van der Waals surface area contributed by atoms with Gasteiger partial charge in [-0.15, -0.1) is 0 Å². The van der Waals surface area contributed by atoms with E-state index < -0.39 is 0 Å². The average Bonchev–Trinajstić information content (AvgIpc) is 2.65. The Bertz CT molecular complexity index is 391. The van der Waals surface area contributed by atoms with Crippen LogP contribution in [0.3, 0.4) is 0 Å². The Morgan fingerprint density at radius 1 is 1.26 bits per heavy atom. The molecule has 0 bridgehead atoms. The van der Waals surface area contributed by atoms with E-state index in [0.29, 0.717) is 0 Å². The molecule has 0 unspecified atom stereocenters. The summed E-state index contributed by atoms with van der Waals surface area (Å²) >= 11 is 0. The SMILES string of the molecule is CC(C)(C)CNc1cc(N2CCCNCC2)ncn1. The molecule has 0 aromatic carbocycles. The smallest absolute Gasteiger partial charge is 0.134 e. The van der Waals surface area contributed by atoms with Gasteiger partial charge in [-0.1, -0.05) is 20.8 Å². The van der Waals surface area contributed by atoms with E-state index in [1.165, 1.54) is 0 Å². The van der Waals surface area contributed by atoms with Gasteiger partial charge in [0.1, 0.15) is 18.0 Å². The predicted molar refractivity (Wildman–Crippen MR) is 79.7 cm³/mol. The summed E-state index contributed by atoms with van der Waals surface area (Å²) in [6.07, 6.45) is 2.81. The first kappa shape index (κ1) is 14.1. The van der Waals surface area contributed by atoms with E-state index in [-0.39, 0.29) is 5.41 Å². The number of aromatic nitrogens is 2. The molecule has 106 valence electrons. The van der Waals surface area contributed by atoms with Gasteiger partial charge in [0, 0.05) is 32.2 Å². The zero-order valence-corrected chi connectivity index (χ0v) is 12.2. The van der Waals surface area contributed by atoms with Crippen molar-refractivity contribution in [3.05, 3.63) is 12.4 Å². The van der Waals surface area contributed by atoms with Crippen molar-refractivity contribution in [3.8, 4) is 0 Å². The van der Waals surface area contributed by atoms with E-state index in [9.17, 15) is 0 Å². The number of nitrogens with zero attached hydrogens (tertiary/aromatic N) is 3. The molecule has 0 amide bonds. The molecule has 1 saturated heterocycles. The fourth-order valence-corrected chi connectivity index (χ4v) is 2.05. The quantitative estimate of drug-likeness (QED) is 0.870. The molecule has 2 N–H and O–H groups in total. The molecule has 2 rings (SSSR count). The monoisotopic (exact) mass is 263 g/mol. The molecule has 0 aliphatic carbocycles. The standard InChI is InChI=1S/C14H25N5/c1-14(2,3)10-16-12-9-13(18-11-17-12)19-7-4-5-15-6-8-19/h9,11,15H,4-8,10H2,1-3H3,(H,16,17,18). The number of hydrogen-bond donors (Lipinski definition) is 2. The van der Waals surface area contributed by atoms with Crippen LogP contribution in [0.25, 0.3) is 0 Å². The second kappa shape index (κ2) is 6.19. The number of hydrogen-bond acceptors (Lipinski definition) is 5. The van der Waals surface area contributed by atoms with Crippen LogP contribution in [-0.2, 0) is 0 Å². The summed E-state index contributed by atoms with van der Waals surface area (Å²) in [6, 6.07) is 2.05. The van der Waals surface area contributed by atoms with Gasteiger partial charge >= 0.3 is 0 Å². The molecule has 1 fully saturated rings. The Hall–Kier alpha value is -1.36. The molecule has 19 heavy (non-hydrogen) atoms. The summed E-state index contributed by atoms with van der Waals surface area (Å²) in [5.74, 6) is 1.94. The van der Waals surface area contributed by atoms with Gasteiger partial charge in [0.15, 0.2) is 0 Å². The Morgan fingerprint density at radius 2 is 2.11 bits per heavy atom. The van der Waals surface area contributed by atoms with Gasteiger partial charge in [-0.05, 0) is 18.4 Å². The van der Waals surface area contributed by atoms with Crippen molar-refractivity contribution in [2.45, 2.75) is 27.2 Å². The molecule has 2 heterocycles. The molecule has 5 heteroatoms. The third-order valence-corrected chi connectivity index (χ3v) is 3.12. The lowest BCUT2D eigenvalue weighted by Gasteiger charge is -2.22. The van der Waals surface area contributed by atoms with Gasteiger partial charge in [0.2, 0.25) is 0 Å². The van der Waals surface area contributed by atoms with Crippen molar-refractivity contribution >= 4 is 11.6 Å². The van der Waals surface area contributed by atoms with Gasteiger partial charge in [-0.25, -0.2) is 9.97 Å². The average molecular weight is 263 g/mol. The van der Waals surface area contributed by atoms with Crippen molar-refractivity contribution in [2.75, 3.05) is 42.9 Å². The van der Waals surface area contributed by atoms with Crippen LogP contribution in [0, 0.1) is 5.41 Å². The summed E-state index contributed by atoms with van der Waals surface area (Å²) in [5.41, 5.74) is 0.248. The first-order chi connectivity index (χ1) is 9.04. The topological polar surface area (TPSA) is 53.1 Å². The second-order valence-corrected chi connectivity index (χ2v) is 6.27. The highest BCUT2D eigenvalue weighted by Crippen LogP contribution is 2.17. The Balaban J connectivity index is 2.01. The highest BCUT2D eigenvalue weighted by atomic mass is 15.2.